The first-order valence-electron chi connectivity index (χ1n) is 11.9. The van der Waals surface area contributed by atoms with E-state index in [1.807, 2.05) is 116 Å². The number of hydrogen-bond acceptors (Lipinski definition) is 4. The molecule has 6 heteroatoms. The van der Waals surface area contributed by atoms with E-state index in [0.717, 1.165) is 28.3 Å². The van der Waals surface area contributed by atoms with Gasteiger partial charge >= 0.3 is 0 Å². The van der Waals surface area contributed by atoms with Gasteiger partial charge in [-0.15, -0.1) is 11.8 Å². The maximum Gasteiger partial charge on any atom is 0.242 e. The Bertz CT molecular complexity index is 1260. The molecule has 5 nitrogen and oxygen atoms in total. The lowest BCUT2D eigenvalue weighted by Gasteiger charge is -2.17. The van der Waals surface area contributed by atoms with Crippen molar-refractivity contribution in [1.29, 1.82) is 0 Å². The van der Waals surface area contributed by atoms with Gasteiger partial charge in [-0.2, -0.15) is 0 Å². The summed E-state index contributed by atoms with van der Waals surface area (Å²) in [6.45, 7) is 1.97. The van der Waals surface area contributed by atoms with Gasteiger partial charge in [0.05, 0.1) is 0 Å². The second kappa shape index (κ2) is 12.6. The lowest BCUT2D eigenvalue weighted by Crippen LogP contribution is -2.19. The van der Waals surface area contributed by atoms with E-state index >= 15 is 0 Å². The average Bonchev–Trinajstić information content (AvgIpc) is 2.90. The molecule has 182 valence electrons. The Kier molecular flexibility index (Phi) is 8.78. The molecule has 4 rings (SSSR count). The predicted molar refractivity (Wildman–Crippen MR) is 147 cm³/mol. The molecule has 2 N–H and O–H groups in total. The zero-order chi connectivity index (χ0) is 25.2. The van der Waals surface area contributed by atoms with Crippen molar-refractivity contribution in [2.75, 3.05) is 10.6 Å². The summed E-state index contributed by atoms with van der Waals surface area (Å²) >= 11 is 1.46. The SMILES string of the molecule is CCCC(=O)Nc1ccc(SC(C(=O)Nc2ccc(Oc3ccccc3)cc2)c2ccccc2)cc1. The number of benzene rings is 4. The number of ether oxygens (including phenoxy) is 1. The van der Waals surface area contributed by atoms with Gasteiger partial charge in [-0.05, 0) is 72.6 Å². The monoisotopic (exact) mass is 496 g/mol. The summed E-state index contributed by atoms with van der Waals surface area (Å²) in [5.74, 6) is 1.33. The highest BCUT2D eigenvalue weighted by molar-refractivity contribution is 8.00. The van der Waals surface area contributed by atoms with Gasteiger partial charge in [-0.1, -0.05) is 55.5 Å². The van der Waals surface area contributed by atoms with Crippen molar-refractivity contribution in [2.45, 2.75) is 29.9 Å². The third-order valence-corrected chi connectivity index (χ3v) is 6.58. The van der Waals surface area contributed by atoms with Crippen LogP contribution in [0.1, 0.15) is 30.6 Å². The molecule has 4 aromatic carbocycles. The fourth-order valence-electron chi connectivity index (χ4n) is 3.54. The van der Waals surface area contributed by atoms with Crippen LogP contribution in [0.15, 0.2) is 114 Å². The minimum Gasteiger partial charge on any atom is -0.457 e. The molecule has 0 aliphatic rings. The summed E-state index contributed by atoms with van der Waals surface area (Å²) < 4.78 is 5.84. The van der Waals surface area contributed by atoms with Crippen LogP contribution in [0.25, 0.3) is 0 Å². The molecule has 0 spiro atoms. The van der Waals surface area contributed by atoms with E-state index in [1.165, 1.54) is 11.8 Å². The summed E-state index contributed by atoms with van der Waals surface area (Å²) in [5, 5.41) is 5.47. The molecule has 0 radical (unpaired) electrons. The third kappa shape index (κ3) is 7.23. The van der Waals surface area contributed by atoms with Crippen molar-refractivity contribution in [3.63, 3.8) is 0 Å². The van der Waals surface area contributed by atoms with Gasteiger partial charge in [0.25, 0.3) is 0 Å². The van der Waals surface area contributed by atoms with Crippen molar-refractivity contribution in [2.24, 2.45) is 0 Å². The highest BCUT2D eigenvalue weighted by Gasteiger charge is 2.22. The fourth-order valence-corrected chi connectivity index (χ4v) is 4.57. The molecular weight excluding hydrogens is 468 g/mol. The fraction of sp³-hybridized carbons (Fsp3) is 0.133. The summed E-state index contributed by atoms with van der Waals surface area (Å²) in [6, 6.07) is 34.1. The Morgan fingerprint density at radius 3 is 1.92 bits per heavy atom. The molecule has 0 heterocycles. The molecule has 1 atom stereocenters. The molecule has 1 unspecified atom stereocenters. The number of rotatable bonds is 10. The Labute approximate surface area is 215 Å². The summed E-state index contributed by atoms with van der Waals surface area (Å²) in [5.41, 5.74) is 2.34. The van der Waals surface area contributed by atoms with Crippen LogP contribution < -0.4 is 15.4 Å². The van der Waals surface area contributed by atoms with Gasteiger partial charge in [0.2, 0.25) is 11.8 Å². The van der Waals surface area contributed by atoms with E-state index in [1.54, 1.807) is 0 Å². The van der Waals surface area contributed by atoms with Gasteiger partial charge in [0.1, 0.15) is 16.7 Å². The smallest absolute Gasteiger partial charge is 0.242 e. The van der Waals surface area contributed by atoms with E-state index in [2.05, 4.69) is 10.6 Å². The predicted octanol–water partition coefficient (Wildman–Crippen LogP) is 7.69. The molecule has 0 saturated heterocycles. The normalized spacial score (nSPS) is 11.4. The number of nitrogens with one attached hydrogen (secondary N) is 2. The molecule has 0 aliphatic heterocycles. The number of thioether (sulfide) groups is 1. The standard InChI is InChI=1S/C30H28N2O3S/c1-2-9-28(33)31-23-16-20-27(21-17-23)36-29(22-10-5-3-6-11-22)30(34)32-24-14-18-26(19-15-24)35-25-12-7-4-8-13-25/h3-8,10-21,29H,2,9H2,1H3,(H,31,33)(H,32,34). The molecule has 0 aromatic heterocycles. The van der Waals surface area contributed by atoms with Crippen LogP contribution in [0.2, 0.25) is 0 Å². The second-order valence-electron chi connectivity index (χ2n) is 8.16. The first kappa shape index (κ1) is 25.1. The molecule has 0 saturated carbocycles. The van der Waals surface area contributed by atoms with Crippen molar-refractivity contribution < 1.29 is 14.3 Å². The average molecular weight is 497 g/mol. The zero-order valence-electron chi connectivity index (χ0n) is 20.0. The molecule has 4 aromatic rings. The molecule has 2 amide bonds. The van der Waals surface area contributed by atoms with Gasteiger partial charge in [-0.3, -0.25) is 9.59 Å². The summed E-state index contributed by atoms with van der Waals surface area (Å²) in [7, 11) is 0. The van der Waals surface area contributed by atoms with E-state index in [0.29, 0.717) is 17.9 Å². The van der Waals surface area contributed by atoms with E-state index < -0.39 is 5.25 Å². The van der Waals surface area contributed by atoms with Gasteiger partial charge in [0, 0.05) is 22.7 Å². The lowest BCUT2D eigenvalue weighted by molar-refractivity contribution is -0.116. The van der Waals surface area contributed by atoms with Gasteiger partial charge < -0.3 is 15.4 Å². The summed E-state index contributed by atoms with van der Waals surface area (Å²) in [6.07, 6.45) is 1.29. The lowest BCUT2D eigenvalue weighted by atomic mass is 10.1. The van der Waals surface area contributed by atoms with Crippen LogP contribution in [0.5, 0.6) is 11.5 Å². The van der Waals surface area contributed by atoms with Crippen molar-refractivity contribution in [1.82, 2.24) is 0 Å². The summed E-state index contributed by atoms with van der Waals surface area (Å²) in [4.78, 5) is 26.1. The van der Waals surface area contributed by atoms with Crippen molar-refractivity contribution in [3.05, 3.63) is 115 Å². The zero-order valence-corrected chi connectivity index (χ0v) is 20.8. The number of para-hydroxylation sites is 1. The van der Waals surface area contributed by atoms with Crippen LogP contribution in [0.4, 0.5) is 11.4 Å². The minimum absolute atomic E-state index is 0.000343. The van der Waals surface area contributed by atoms with E-state index in [9.17, 15) is 9.59 Å². The van der Waals surface area contributed by atoms with Gasteiger partial charge in [-0.25, -0.2) is 0 Å². The van der Waals surface area contributed by atoms with Crippen LogP contribution in [-0.4, -0.2) is 11.8 Å². The number of amides is 2. The first-order chi connectivity index (χ1) is 17.6. The highest BCUT2D eigenvalue weighted by atomic mass is 32.2. The number of hydrogen-bond donors (Lipinski definition) is 2. The maximum absolute atomic E-state index is 13.4. The topological polar surface area (TPSA) is 67.4 Å². The number of carbonyl (C=O) groups is 2. The Morgan fingerprint density at radius 2 is 1.28 bits per heavy atom. The van der Waals surface area contributed by atoms with Crippen LogP contribution in [-0.2, 0) is 9.59 Å². The molecular formula is C30H28N2O3S. The Morgan fingerprint density at radius 1 is 0.722 bits per heavy atom. The van der Waals surface area contributed by atoms with Crippen LogP contribution >= 0.6 is 11.8 Å². The number of anilines is 2. The van der Waals surface area contributed by atoms with E-state index in [4.69, 9.17) is 4.74 Å². The van der Waals surface area contributed by atoms with Crippen LogP contribution in [0, 0.1) is 0 Å². The number of carbonyl (C=O) groups excluding carboxylic acids is 2. The third-order valence-electron chi connectivity index (χ3n) is 5.31. The highest BCUT2D eigenvalue weighted by Crippen LogP contribution is 2.37. The quantitative estimate of drug-likeness (QED) is 0.221. The van der Waals surface area contributed by atoms with Crippen molar-refractivity contribution in [3.8, 4) is 11.5 Å². The largest absolute Gasteiger partial charge is 0.457 e. The first-order valence-corrected chi connectivity index (χ1v) is 12.7. The maximum atomic E-state index is 13.4. The molecule has 36 heavy (non-hydrogen) atoms. The van der Waals surface area contributed by atoms with Gasteiger partial charge in [0.15, 0.2) is 0 Å². The Balaban J connectivity index is 1.44. The van der Waals surface area contributed by atoms with Crippen molar-refractivity contribution >= 4 is 35.0 Å². The van der Waals surface area contributed by atoms with E-state index in [-0.39, 0.29) is 11.8 Å². The Hall–Kier alpha value is -4.03. The van der Waals surface area contributed by atoms with Crippen LogP contribution in [0.3, 0.4) is 0 Å². The molecule has 0 fully saturated rings. The second-order valence-corrected chi connectivity index (χ2v) is 9.34. The molecule has 0 bridgehead atoms. The minimum atomic E-state index is -0.452. The molecule has 0 aliphatic carbocycles.